The Labute approximate surface area is 140 Å². The molecule has 0 spiro atoms. The smallest absolute Gasteiger partial charge is 0.242 e. The number of carbonyl (C=O) groups excluding carboxylic acids is 2. The molecular formula is C16H22N4O2S. The van der Waals surface area contributed by atoms with Crippen molar-refractivity contribution in [3.05, 3.63) is 17.3 Å². The SMILES string of the molecule is Cc1cc(C)c2c(n1)SCC(=O)N2CC(=O)N1CCN(C)CC1. The Morgan fingerprint density at radius 2 is 1.96 bits per heavy atom. The molecule has 6 nitrogen and oxygen atoms in total. The van der Waals surface area contributed by atoms with Crippen molar-refractivity contribution in [3.63, 3.8) is 0 Å². The summed E-state index contributed by atoms with van der Waals surface area (Å²) >= 11 is 1.46. The Balaban J connectivity index is 1.80. The van der Waals surface area contributed by atoms with E-state index in [0.29, 0.717) is 5.75 Å². The molecule has 0 bridgehead atoms. The Morgan fingerprint density at radius 1 is 1.26 bits per heavy atom. The number of hydrogen-bond acceptors (Lipinski definition) is 5. The molecule has 1 aromatic heterocycles. The number of likely N-dealkylation sites (N-methyl/N-ethyl adjacent to an activating group) is 1. The molecule has 0 saturated carbocycles. The van der Waals surface area contributed by atoms with Gasteiger partial charge in [0.05, 0.1) is 11.4 Å². The minimum atomic E-state index is -0.0151. The van der Waals surface area contributed by atoms with Gasteiger partial charge in [-0.2, -0.15) is 0 Å². The first kappa shape index (κ1) is 16.3. The lowest BCUT2D eigenvalue weighted by Gasteiger charge is -2.35. The van der Waals surface area contributed by atoms with Crippen LogP contribution in [0.25, 0.3) is 0 Å². The molecular weight excluding hydrogens is 312 g/mol. The summed E-state index contributed by atoms with van der Waals surface area (Å²) in [7, 11) is 2.06. The third-order valence-corrected chi connectivity index (χ3v) is 5.28. The van der Waals surface area contributed by atoms with Crippen LogP contribution in [0.4, 0.5) is 5.69 Å². The van der Waals surface area contributed by atoms with Crippen LogP contribution in [0.1, 0.15) is 11.3 Å². The minimum Gasteiger partial charge on any atom is -0.339 e. The lowest BCUT2D eigenvalue weighted by atomic mass is 10.2. The summed E-state index contributed by atoms with van der Waals surface area (Å²) in [6.45, 7) is 7.25. The van der Waals surface area contributed by atoms with E-state index in [-0.39, 0.29) is 18.4 Å². The molecule has 1 saturated heterocycles. The van der Waals surface area contributed by atoms with Crippen molar-refractivity contribution >= 4 is 29.3 Å². The number of amides is 2. The van der Waals surface area contributed by atoms with Gasteiger partial charge in [-0.3, -0.25) is 14.5 Å². The van der Waals surface area contributed by atoms with Crippen molar-refractivity contribution in [2.45, 2.75) is 18.9 Å². The summed E-state index contributed by atoms with van der Waals surface area (Å²) in [4.78, 5) is 35.2. The Kier molecular flexibility index (Phi) is 4.59. The van der Waals surface area contributed by atoms with Gasteiger partial charge in [0.15, 0.2) is 0 Å². The first-order valence-corrected chi connectivity index (χ1v) is 8.82. The summed E-state index contributed by atoms with van der Waals surface area (Å²) in [5.74, 6) is 0.349. The topological polar surface area (TPSA) is 56.8 Å². The number of nitrogens with zero attached hydrogens (tertiary/aromatic N) is 4. The molecule has 124 valence electrons. The maximum Gasteiger partial charge on any atom is 0.242 e. The molecule has 2 aliphatic heterocycles. The predicted molar refractivity (Wildman–Crippen MR) is 90.9 cm³/mol. The van der Waals surface area contributed by atoms with Gasteiger partial charge in [-0.25, -0.2) is 4.98 Å². The van der Waals surface area contributed by atoms with Crippen LogP contribution < -0.4 is 4.90 Å². The first-order valence-electron chi connectivity index (χ1n) is 7.83. The minimum absolute atomic E-state index is 0.0151. The van der Waals surface area contributed by atoms with Gasteiger partial charge in [0.25, 0.3) is 0 Å². The van der Waals surface area contributed by atoms with Gasteiger partial charge in [0.2, 0.25) is 11.8 Å². The second-order valence-corrected chi connectivity index (χ2v) is 7.15. The molecule has 0 radical (unpaired) electrons. The highest BCUT2D eigenvalue weighted by atomic mass is 32.2. The molecule has 2 amide bonds. The highest BCUT2D eigenvalue weighted by Crippen LogP contribution is 2.36. The summed E-state index contributed by atoms with van der Waals surface area (Å²) in [6, 6.07) is 1.96. The zero-order valence-corrected chi connectivity index (χ0v) is 14.7. The van der Waals surface area contributed by atoms with E-state index in [9.17, 15) is 9.59 Å². The summed E-state index contributed by atoms with van der Waals surface area (Å²) in [6.07, 6.45) is 0. The van der Waals surface area contributed by atoms with E-state index < -0.39 is 0 Å². The van der Waals surface area contributed by atoms with Crippen molar-refractivity contribution in [2.24, 2.45) is 0 Å². The fourth-order valence-corrected chi connectivity index (χ4v) is 4.05. The van der Waals surface area contributed by atoms with E-state index in [4.69, 9.17) is 0 Å². The summed E-state index contributed by atoms with van der Waals surface area (Å²) in [5.41, 5.74) is 2.74. The monoisotopic (exact) mass is 334 g/mol. The molecule has 3 rings (SSSR count). The molecule has 1 fully saturated rings. The van der Waals surface area contributed by atoms with Crippen LogP contribution in [0.15, 0.2) is 11.1 Å². The molecule has 0 unspecified atom stereocenters. The van der Waals surface area contributed by atoms with Crippen molar-refractivity contribution < 1.29 is 9.59 Å². The lowest BCUT2D eigenvalue weighted by Crippen LogP contribution is -2.51. The molecule has 0 atom stereocenters. The van der Waals surface area contributed by atoms with Gasteiger partial charge in [-0.1, -0.05) is 11.8 Å². The van der Waals surface area contributed by atoms with Gasteiger partial charge in [0.1, 0.15) is 11.6 Å². The normalized spacial score (nSPS) is 19.0. The van der Waals surface area contributed by atoms with E-state index in [0.717, 1.165) is 48.1 Å². The molecule has 3 heterocycles. The second-order valence-electron chi connectivity index (χ2n) is 6.19. The summed E-state index contributed by atoms with van der Waals surface area (Å²) < 4.78 is 0. The number of carbonyl (C=O) groups is 2. The average Bonchev–Trinajstić information content (AvgIpc) is 2.50. The molecule has 7 heteroatoms. The fourth-order valence-electron chi connectivity index (χ4n) is 3.02. The average molecular weight is 334 g/mol. The predicted octanol–water partition coefficient (Wildman–Crippen LogP) is 0.911. The number of fused-ring (bicyclic) bond motifs is 1. The number of piperazine rings is 1. The Bertz CT molecular complexity index is 641. The van der Waals surface area contributed by atoms with E-state index in [1.54, 1.807) is 4.90 Å². The molecule has 1 aromatic rings. The number of pyridine rings is 1. The van der Waals surface area contributed by atoms with Crippen LogP contribution in [0.3, 0.4) is 0 Å². The van der Waals surface area contributed by atoms with Crippen molar-refractivity contribution in [3.8, 4) is 0 Å². The van der Waals surface area contributed by atoms with E-state index in [2.05, 4.69) is 16.9 Å². The zero-order chi connectivity index (χ0) is 16.6. The van der Waals surface area contributed by atoms with Crippen LogP contribution >= 0.6 is 11.8 Å². The highest BCUT2D eigenvalue weighted by molar-refractivity contribution is 8.00. The van der Waals surface area contributed by atoms with Gasteiger partial charge >= 0.3 is 0 Å². The molecule has 2 aliphatic rings. The lowest BCUT2D eigenvalue weighted by molar-refractivity contribution is -0.132. The molecule has 0 aromatic carbocycles. The fraction of sp³-hybridized carbons (Fsp3) is 0.562. The number of aryl methyl sites for hydroxylation is 2. The van der Waals surface area contributed by atoms with Gasteiger partial charge < -0.3 is 9.80 Å². The third kappa shape index (κ3) is 3.35. The van der Waals surface area contributed by atoms with Gasteiger partial charge in [-0.05, 0) is 32.5 Å². The summed E-state index contributed by atoms with van der Waals surface area (Å²) in [5, 5.41) is 0.855. The Morgan fingerprint density at radius 3 is 2.65 bits per heavy atom. The standard InChI is InChI=1S/C16H22N4O2S/c1-11-8-12(2)17-16-15(11)20(14(22)10-23-16)9-13(21)19-6-4-18(3)5-7-19/h8H,4-7,9-10H2,1-3H3. The third-order valence-electron chi connectivity index (χ3n) is 4.33. The maximum atomic E-state index is 12.6. The maximum absolute atomic E-state index is 12.6. The zero-order valence-electron chi connectivity index (χ0n) is 13.8. The van der Waals surface area contributed by atoms with Crippen LogP contribution in [0, 0.1) is 13.8 Å². The van der Waals surface area contributed by atoms with Gasteiger partial charge in [-0.15, -0.1) is 0 Å². The number of thioether (sulfide) groups is 1. The van der Waals surface area contributed by atoms with Crippen molar-refractivity contribution in [2.75, 3.05) is 50.4 Å². The number of rotatable bonds is 2. The second kappa shape index (κ2) is 6.49. The molecule has 0 aliphatic carbocycles. The van der Waals surface area contributed by atoms with E-state index in [1.807, 2.05) is 24.8 Å². The van der Waals surface area contributed by atoms with Crippen molar-refractivity contribution in [1.82, 2.24) is 14.8 Å². The van der Waals surface area contributed by atoms with E-state index >= 15 is 0 Å². The van der Waals surface area contributed by atoms with Crippen LogP contribution in [0.5, 0.6) is 0 Å². The Hall–Kier alpha value is -1.60. The number of hydrogen-bond donors (Lipinski definition) is 0. The highest BCUT2D eigenvalue weighted by Gasteiger charge is 2.31. The quantitative estimate of drug-likeness (QED) is 0.805. The molecule has 23 heavy (non-hydrogen) atoms. The van der Waals surface area contributed by atoms with Gasteiger partial charge in [0, 0.05) is 31.9 Å². The number of aromatic nitrogens is 1. The van der Waals surface area contributed by atoms with Crippen LogP contribution in [-0.2, 0) is 9.59 Å². The van der Waals surface area contributed by atoms with E-state index in [1.165, 1.54) is 11.8 Å². The first-order chi connectivity index (χ1) is 11.0. The van der Waals surface area contributed by atoms with Crippen LogP contribution in [0.2, 0.25) is 0 Å². The number of anilines is 1. The largest absolute Gasteiger partial charge is 0.339 e. The molecule has 0 N–H and O–H groups in total. The van der Waals surface area contributed by atoms with Crippen molar-refractivity contribution in [1.29, 1.82) is 0 Å². The van der Waals surface area contributed by atoms with Crippen LogP contribution in [-0.4, -0.2) is 72.1 Å².